The summed E-state index contributed by atoms with van der Waals surface area (Å²) < 4.78 is 7.79. The Balaban J connectivity index is 1.64. The maximum atomic E-state index is 13.2. The zero-order valence-electron chi connectivity index (χ0n) is 18.7. The number of benzene rings is 2. The van der Waals surface area contributed by atoms with Gasteiger partial charge in [-0.25, -0.2) is 14.2 Å². The first-order valence-electron chi connectivity index (χ1n) is 10.7. The molecule has 1 N–H and O–H groups in total. The predicted octanol–water partition coefficient (Wildman–Crippen LogP) is 3.72. The van der Waals surface area contributed by atoms with Gasteiger partial charge < -0.3 is 10.1 Å². The third-order valence-corrected chi connectivity index (χ3v) is 5.30. The minimum Gasteiger partial charge on any atom is -0.457 e. The van der Waals surface area contributed by atoms with E-state index in [2.05, 4.69) is 20.5 Å². The van der Waals surface area contributed by atoms with E-state index in [1.54, 1.807) is 73.1 Å². The monoisotopic (exact) mass is 506 g/mol. The number of anilines is 2. The summed E-state index contributed by atoms with van der Waals surface area (Å²) in [5, 5.41) is 5.82. The average molecular weight is 507 g/mol. The lowest BCUT2D eigenvalue weighted by Gasteiger charge is -2.16. The summed E-state index contributed by atoms with van der Waals surface area (Å²) in [5.41, 5.74) is -0.301. The molecule has 0 radical (unpaired) electrons. The van der Waals surface area contributed by atoms with Crippen LogP contribution in [0.4, 0.5) is 11.6 Å². The van der Waals surface area contributed by atoms with Crippen LogP contribution in [-0.2, 0) is 17.9 Å². The van der Waals surface area contributed by atoms with E-state index in [1.165, 1.54) is 4.57 Å². The SMILES string of the molecule is O=NC(=O)CCn1c(=O)nc(Nc2ccc(Oc3ccncc3)cc2)n(Cc2ccc(Cl)cc2)c1=O. The van der Waals surface area contributed by atoms with Gasteiger partial charge >= 0.3 is 11.4 Å². The molecule has 0 aliphatic carbocycles. The Kier molecular flexibility index (Phi) is 7.61. The molecule has 11 nitrogen and oxygen atoms in total. The zero-order valence-corrected chi connectivity index (χ0v) is 19.5. The lowest BCUT2D eigenvalue weighted by molar-refractivity contribution is -0.118. The number of pyridine rings is 1. The maximum Gasteiger partial charge on any atom is 0.354 e. The van der Waals surface area contributed by atoms with Crippen molar-refractivity contribution in [3.8, 4) is 11.5 Å². The van der Waals surface area contributed by atoms with Crippen molar-refractivity contribution < 1.29 is 9.53 Å². The molecule has 0 bridgehead atoms. The highest BCUT2D eigenvalue weighted by atomic mass is 35.5. The number of amides is 1. The van der Waals surface area contributed by atoms with E-state index in [0.29, 0.717) is 22.2 Å². The van der Waals surface area contributed by atoms with Gasteiger partial charge in [0.2, 0.25) is 5.95 Å². The molecule has 0 aliphatic heterocycles. The molecule has 12 heteroatoms. The second-order valence-electron chi connectivity index (χ2n) is 7.53. The van der Waals surface area contributed by atoms with E-state index in [9.17, 15) is 19.3 Å². The van der Waals surface area contributed by atoms with Crippen LogP contribution < -0.4 is 21.4 Å². The van der Waals surface area contributed by atoms with Crippen LogP contribution in [0.2, 0.25) is 5.02 Å². The summed E-state index contributed by atoms with van der Waals surface area (Å²) >= 11 is 5.96. The van der Waals surface area contributed by atoms with Crippen LogP contribution in [0.1, 0.15) is 12.0 Å². The number of nitrogens with zero attached hydrogens (tertiary/aromatic N) is 5. The first-order chi connectivity index (χ1) is 17.4. The lowest BCUT2D eigenvalue weighted by Crippen LogP contribution is -2.43. The predicted molar refractivity (Wildman–Crippen MR) is 133 cm³/mol. The smallest absolute Gasteiger partial charge is 0.354 e. The number of aromatic nitrogens is 4. The second kappa shape index (κ2) is 11.2. The molecule has 0 saturated carbocycles. The summed E-state index contributed by atoms with van der Waals surface area (Å²) in [6.45, 7) is -0.258. The van der Waals surface area contributed by atoms with Crippen molar-refractivity contribution in [2.45, 2.75) is 19.5 Å². The van der Waals surface area contributed by atoms with E-state index in [1.807, 2.05) is 0 Å². The maximum absolute atomic E-state index is 13.2. The highest BCUT2D eigenvalue weighted by Gasteiger charge is 2.15. The van der Waals surface area contributed by atoms with Crippen LogP contribution in [0.5, 0.6) is 11.5 Å². The van der Waals surface area contributed by atoms with Gasteiger partial charge in [-0.05, 0) is 54.1 Å². The van der Waals surface area contributed by atoms with Crippen molar-refractivity contribution in [1.82, 2.24) is 19.1 Å². The van der Waals surface area contributed by atoms with Crippen LogP contribution in [0.15, 0.2) is 87.8 Å². The van der Waals surface area contributed by atoms with E-state index in [-0.39, 0.29) is 19.0 Å². The third-order valence-electron chi connectivity index (χ3n) is 5.05. The van der Waals surface area contributed by atoms with Gasteiger partial charge in [0.25, 0.3) is 5.91 Å². The molecule has 0 unspecified atom stereocenters. The van der Waals surface area contributed by atoms with Crippen molar-refractivity contribution in [2.24, 2.45) is 5.18 Å². The summed E-state index contributed by atoms with van der Waals surface area (Å²) in [6, 6.07) is 17.1. The minimum absolute atomic E-state index is 0.00107. The standard InChI is InChI=1S/C24H19ClN6O5/c25-17-3-1-16(2-4-17)15-31-22(28-23(33)30(24(31)34)14-11-21(32)29-35)27-18-5-7-19(8-6-18)36-20-9-12-26-13-10-20/h1-10,12-13H,11,14-15H2,(H,27,28,33). The van der Waals surface area contributed by atoms with Gasteiger partial charge in [-0.15, -0.1) is 4.91 Å². The number of hydrogen-bond acceptors (Lipinski definition) is 8. The molecule has 4 aromatic rings. The van der Waals surface area contributed by atoms with Crippen molar-refractivity contribution in [2.75, 3.05) is 5.32 Å². The fourth-order valence-electron chi connectivity index (χ4n) is 3.26. The number of carbonyl (C=O) groups is 1. The molecule has 0 saturated heterocycles. The molecule has 2 aromatic heterocycles. The molecular formula is C24H19ClN6O5. The van der Waals surface area contributed by atoms with Crippen LogP contribution in [0.25, 0.3) is 0 Å². The highest BCUT2D eigenvalue weighted by Crippen LogP contribution is 2.23. The second-order valence-corrected chi connectivity index (χ2v) is 7.97. The molecule has 2 aromatic carbocycles. The molecule has 36 heavy (non-hydrogen) atoms. The third kappa shape index (κ3) is 6.07. The summed E-state index contributed by atoms with van der Waals surface area (Å²) in [6.07, 6.45) is 2.84. The molecule has 182 valence electrons. The number of halogens is 1. The Morgan fingerprint density at radius 1 is 0.944 bits per heavy atom. The number of nitroso groups, excluding NO2 is 1. The Labute approximate surface area is 209 Å². The van der Waals surface area contributed by atoms with Crippen molar-refractivity contribution in [3.05, 3.63) is 110 Å². The summed E-state index contributed by atoms with van der Waals surface area (Å²) in [4.78, 5) is 55.5. The van der Waals surface area contributed by atoms with E-state index in [0.717, 1.165) is 10.1 Å². The molecule has 2 heterocycles. The van der Waals surface area contributed by atoms with Crippen LogP contribution >= 0.6 is 11.6 Å². The Bertz CT molecular complexity index is 1490. The van der Waals surface area contributed by atoms with E-state index < -0.39 is 23.7 Å². The fourth-order valence-corrected chi connectivity index (χ4v) is 3.39. The van der Waals surface area contributed by atoms with Gasteiger partial charge in [-0.1, -0.05) is 23.7 Å². The first-order valence-corrected chi connectivity index (χ1v) is 11.1. The number of nitrogens with one attached hydrogen (secondary N) is 1. The van der Waals surface area contributed by atoms with Crippen molar-refractivity contribution in [3.63, 3.8) is 0 Å². The topological polar surface area (TPSA) is 138 Å². The van der Waals surface area contributed by atoms with E-state index in [4.69, 9.17) is 16.3 Å². The number of rotatable bonds is 9. The fraction of sp³-hybridized carbons (Fsp3) is 0.125. The van der Waals surface area contributed by atoms with Gasteiger partial charge in [0.05, 0.1) is 13.0 Å². The lowest BCUT2D eigenvalue weighted by atomic mass is 10.2. The average Bonchev–Trinajstić information content (AvgIpc) is 2.89. The Hall–Kier alpha value is -4.64. The van der Waals surface area contributed by atoms with Crippen LogP contribution in [0.3, 0.4) is 0 Å². The van der Waals surface area contributed by atoms with Gasteiger partial charge in [0.1, 0.15) is 11.5 Å². The number of ether oxygens (including phenoxy) is 1. The van der Waals surface area contributed by atoms with Gasteiger partial charge in [0, 0.05) is 34.8 Å². The van der Waals surface area contributed by atoms with Gasteiger partial charge in [-0.2, -0.15) is 4.98 Å². The summed E-state index contributed by atoms with van der Waals surface area (Å²) in [5.74, 6) is 0.221. The summed E-state index contributed by atoms with van der Waals surface area (Å²) in [7, 11) is 0. The Morgan fingerprint density at radius 2 is 1.61 bits per heavy atom. The van der Waals surface area contributed by atoms with Crippen LogP contribution in [0, 0.1) is 4.91 Å². The Morgan fingerprint density at radius 3 is 2.28 bits per heavy atom. The zero-order chi connectivity index (χ0) is 25.5. The highest BCUT2D eigenvalue weighted by molar-refractivity contribution is 6.30. The molecule has 0 fully saturated rings. The molecule has 1 amide bonds. The van der Waals surface area contributed by atoms with Gasteiger partial charge in [0.15, 0.2) is 0 Å². The number of hydrogen-bond donors (Lipinski definition) is 1. The molecule has 4 rings (SSSR count). The van der Waals surface area contributed by atoms with E-state index >= 15 is 0 Å². The molecule has 0 spiro atoms. The molecule has 0 aliphatic rings. The molecular weight excluding hydrogens is 488 g/mol. The van der Waals surface area contributed by atoms with Crippen LogP contribution in [-0.4, -0.2) is 25.0 Å². The largest absolute Gasteiger partial charge is 0.457 e. The van der Waals surface area contributed by atoms with Gasteiger partial charge in [-0.3, -0.25) is 14.3 Å². The quantitative estimate of drug-likeness (QED) is 0.339. The van der Waals surface area contributed by atoms with Crippen molar-refractivity contribution >= 4 is 29.1 Å². The normalized spacial score (nSPS) is 10.6. The minimum atomic E-state index is -0.971. The molecule has 0 atom stereocenters. The van der Waals surface area contributed by atoms with Crippen molar-refractivity contribution in [1.29, 1.82) is 0 Å². The first kappa shape index (κ1) is 24.5. The number of carbonyl (C=O) groups excluding carboxylic acids is 1.